The first-order chi connectivity index (χ1) is 7.90. The Hall–Kier alpha value is -1.76. The molecule has 2 aromatic rings. The highest BCUT2D eigenvalue weighted by Crippen LogP contribution is 2.18. The molecule has 0 aliphatic rings. The monoisotopic (exact) mass is 254 g/mol. The van der Waals surface area contributed by atoms with E-state index in [-0.39, 0.29) is 4.90 Å². The summed E-state index contributed by atoms with van der Waals surface area (Å²) in [5, 5.41) is 6.64. The molecule has 0 aliphatic heterocycles. The first kappa shape index (κ1) is 11.7. The molecule has 6 nitrogen and oxygen atoms in total. The molecule has 0 fully saturated rings. The molecule has 92 valence electrons. The van der Waals surface area contributed by atoms with Crippen LogP contribution >= 0.6 is 0 Å². The summed E-state index contributed by atoms with van der Waals surface area (Å²) in [6.45, 7) is 3.64. The van der Waals surface area contributed by atoms with Gasteiger partial charge in [-0.3, -0.25) is 9.82 Å². The highest BCUT2D eigenvalue weighted by atomic mass is 32.2. The number of rotatable bonds is 3. The molecule has 0 spiro atoms. The summed E-state index contributed by atoms with van der Waals surface area (Å²) in [7, 11) is -1.79. The summed E-state index contributed by atoms with van der Waals surface area (Å²) in [6.07, 6.45) is 3.22. The minimum absolute atomic E-state index is 0.222. The molecule has 7 heteroatoms. The van der Waals surface area contributed by atoms with Crippen LogP contribution in [0.25, 0.3) is 0 Å². The molecule has 0 saturated heterocycles. The predicted molar refractivity (Wildman–Crippen MR) is 64.3 cm³/mol. The second-order valence-electron chi connectivity index (χ2n) is 3.94. The van der Waals surface area contributed by atoms with E-state index in [2.05, 4.69) is 14.9 Å². The van der Waals surface area contributed by atoms with Gasteiger partial charge in [0.1, 0.15) is 4.90 Å². The highest BCUT2D eigenvalue weighted by molar-refractivity contribution is 7.92. The van der Waals surface area contributed by atoms with E-state index in [1.54, 1.807) is 17.8 Å². The lowest BCUT2D eigenvalue weighted by Crippen LogP contribution is -2.13. The van der Waals surface area contributed by atoms with E-state index in [9.17, 15) is 8.42 Å². The molecule has 0 saturated carbocycles. The number of H-pyrrole nitrogens is 1. The number of hydrogen-bond donors (Lipinski definition) is 2. The summed E-state index contributed by atoms with van der Waals surface area (Å²) in [6, 6.07) is 1.54. The Labute approximate surface area is 99.7 Å². The van der Waals surface area contributed by atoms with Crippen molar-refractivity contribution in [3.8, 4) is 0 Å². The van der Waals surface area contributed by atoms with Crippen molar-refractivity contribution in [2.24, 2.45) is 7.05 Å². The molecule has 0 atom stereocenters. The lowest BCUT2D eigenvalue weighted by molar-refractivity contribution is 0.601. The molecule has 0 bridgehead atoms. The smallest absolute Gasteiger partial charge is 0.264 e. The van der Waals surface area contributed by atoms with E-state index in [1.807, 2.05) is 13.8 Å². The van der Waals surface area contributed by atoms with Gasteiger partial charge in [-0.2, -0.15) is 5.10 Å². The molecule has 2 heterocycles. The number of nitrogens with one attached hydrogen (secondary N) is 2. The average molecular weight is 254 g/mol. The van der Waals surface area contributed by atoms with Crippen LogP contribution < -0.4 is 4.72 Å². The summed E-state index contributed by atoms with van der Waals surface area (Å²) in [5.41, 5.74) is 1.64. The zero-order valence-electron chi connectivity index (χ0n) is 9.85. The Morgan fingerprint density at radius 3 is 2.59 bits per heavy atom. The van der Waals surface area contributed by atoms with Gasteiger partial charge in [0.2, 0.25) is 0 Å². The van der Waals surface area contributed by atoms with Crippen molar-refractivity contribution in [3.63, 3.8) is 0 Å². The molecular formula is C10H14N4O2S. The molecule has 2 rings (SSSR count). The van der Waals surface area contributed by atoms with Gasteiger partial charge in [0, 0.05) is 30.7 Å². The predicted octanol–water partition coefficient (Wildman–Crippen LogP) is 1.17. The zero-order valence-corrected chi connectivity index (χ0v) is 10.7. The lowest BCUT2D eigenvalue weighted by atomic mass is 10.3. The lowest BCUT2D eigenvalue weighted by Gasteiger charge is -2.04. The largest absolute Gasteiger partial charge is 0.356 e. The minimum atomic E-state index is -3.55. The van der Waals surface area contributed by atoms with Crippen LogP contribution in [0.3, 0.4) is 0 Å². The van der Waals surface area contributed by atoms with E-state index in [1.165, 1.54) is 12.3 Å². The third kappa shape index (κ3) is 2.19. The van der Waals surface area contributed by atoms with Gasteiger partial charge in [-0.25, -0.2) is 8.42 Å². The van der Waals surface area contributed by atoms with E-state index in [4.69, 9.17) is 0 Å². The van der Waals surface area contributed by atoms with Crippen LogP contribution in [-0.2, 0) is 17.1 Å². The maximum Gasteiger partial charge on any atom is 0.264 e. The van der Waals surface area contributed by atoms with Gasteiger partial charge in [-0.05, 0) is 19.9 Å². The van der Waals surface area contributed by atoms with Gasteiger partial charge in [0.05, 0.1) is 0 Å². The Morgan fingerprint density at radius 1 is 1.41 bits per heavy atom. The second kappa shape index (κ2) is 3.92. The third-order valence-corrected chi connectivity index (χ3v) is 3.92. The fraction of sp³-hybridized carbons (Fsp3) is 0.300. The normalized spacial score (nSPS) is 11.7. The van der Waals surface area contributed by atoms with Crippen LogP contribution in [0.4, 0.5) is 5.82 Å². The van der Waals surface area contributed by atoms with Crippen molar-refractivity contribution in [2.45, 2.75) is 18.7 Å². The Bertz CT molecular complexity index is 639. The average Bonchev–Trinajstić information content (AvgIpc) is 2.80. The maximum absolute atomic E-state index is 12.0. The van der Waals surface area contributed by atoms with Crippen LogP contribution in [0.2, 0.25) is 0 Å². The van der Waals surface area contributed by atoms with Crippen LogP contribution in [0.5, 0.6) is 0 Å². The SMILES string of the molecule is Cc1[nH]nc(NS(=O)(=O)c2ccn(C)c2)c1C. The fourth-order valence-corrected chi connectivity index (χ4v) is 2.52. The Morgan fingerprint density at radius 2 is 2.12 bits per heavy atom. The van der Waals surface area contributed by atoms with Crippen LogP contribution in [-0.4, -0.2) is 23.2 Å². The molecule has 0 amide bonds. The molecule has 0 aromatic carbocycles. The standard InChI is InChI=1S/C10H14N4O2S/c1-7-8(2)11-12-10(7)13-17(15,16)9-4-5-14(3)6-9/h4-6H,1-3H3,(H2,11,12,13). The van der Waals surface area contributed by atoms with Gasteiger partial charge in [-0.15, -0.1) is 0 Å². The number of aromatic nitrogens is 3. The number of sulfonamides is 1. The van der Waals surface area contributed by atoms with E-state index < -0.39 is 10.0 Å². The van der Waals surface area contributed by atoms with Crippen molar-refractivity contribution >= 4 is 15.8 Å². The molecule has 2 N–H and O–H groups in total. The van der Waals surface area contributed by atoms with Gasteiger partial charge < -0.3 is 4.57 Å². The van der Waals surface area contributed by atoms with Crippen molar-refractivity contribution in [1.29, 1.82) is 0 Å². The third-order valence-electron chi connectivity index (χ3n) is 2.60. The zero-order chi connectivity index (χ0) is 12.6. The van der Waals surface area contributed by atoms with Gasteiger partial charge in [0.25, 0.3) is 10.0 Å². The van der Waals surface area contributed by atoms with Crippen molar-refractivity contribution in [1.82, 2.24) is 14.8 Å². The first-order valence-corrected chi connectivity index (χ1v) is 6.55. The molecule has 0 unspecified atom stereocenters. The first-order valence-electron chi connectivity index (χ1n) is 5.06. The number of anilines is 1. The molecule has 2 aromatic heterocycles. The van der Waals surface area contributed by atoms with Gasteiger partial charge >= 0.3 is 0 Å². The van der Waals surface area contributed by atoms with E-state index in [0.29, 0.717) is 5.82 Å². The molecule has 0 radical (unpaired) electrons. The Kier molecular flexibility index (Phi) is 2.70. The summed E-state index contributed by atoms with van der Waals surface area (Å²) >= 11 is 0. The maximum atomic E-state index is 12.0. The summed E-state index contributed by atoms with van der Waals surface area (Å²) in [4.78, 5) is 0.222. The van der Waals surface area contributed by atoms with Gasteiger partial charge in [0.15, 0.2) is 5.82 Å². The molecule has 0 aliphatic carbocycles. The number of aryl methyl sites for hydroxylation is 2. The Balaban J connectivity index is 2.33. The molecule has 17 heavy (non-hydrogen) atoms. The van der Waals surface area contributed by atoms with Crippen molar-refractivity contribution in [2.75, 3.05) is 4.72 Å². The fourth-order valence-electron chi connectivity index (χ4n) is 1.41. The quantitative estimate of drug-likeness (QED) is 0.862. The minimum Gasteiger partial charge on any atom is -0.356 e. The summed E-state index contributed by atoms with van der Waals surface area (Å²) in [5.74, 6) is 0.339. The van der Waals surface area contributed by atoms with E-state index >= 15 is 0 Å². The van der Waals surface area contributed by atoms with Crippen LogP contribution in [0.15, 0.2) is 23.4 Å². The number of hydrogen-bond acceptors (Lipinski definition) is 3. The van der Waals surface area contributed by atoms with Crippen molar-refractivity contribution < 1.29 is 8.42 Å². The van der Waals surface area contributed by atoms with Gasteiger partial charge in [-0.1, -0.05) is 0 Å². The summed E-state index contributed by atoms with van der Waals surface area (Å²) < 4.78 is 28.1. The molecular weight excluding hydrogens is 240 g/mol. The van der Waals surface area contributed by atoms with E-state index in [0.717, 1.165) is 11.3 Å². The number of aromatic amines is 1. The van der Waals surface area contributed by atoms with Crippen LogP contribution in [0, 0.1) is 13.8 Å². The van der Waals surface area contributed by atoms with Crippen molar-refractivity contribution in [3.05, 3.63) is 29.7 Å². The topological polar surface area (TPSA) is 79.8 Å². The number of nitrogens with zero attached hydrogens (tertiary/aromatic N) is 2. The highest BCUT2D eigenvalue weighted by Gasteiger charge is 2.18. The second-order valence-corrected chi connectivity index (χ2v) is 5.62. The van der Waals surface area contributed by atoms with Crippen LogP contribution in [0.1, 0.15) is 11.3 Å².